The highest BCUT2D eigenvalue weighted by Crippen LogP contribution is 2.18. The summed E-state index contributed by atoms with van der Waals surface area (Å²) in [4.78, 5) is 12.8. The molecule has 0 aliphatic carbocycles. The van der Waals surface area contributed by atoms with Gasteiger partial charge in [-0.3, -0.25) is 0 Å². The maximum Gasteiger partial charge on any atom is 0.334 e. The summed E-state index contributed by atoms with van der Waals surface area (Å²) in [6.45, 7) is 1.11. The Morgan fingerprint density at radius 1 is 1.35 bits per heavy atom. The summed E-state index contributed by atoms with van der Waals surface area (Å²) >= 11 is 0. The van der Waals surface area contributed by atoms with Crippen molar-refractivity contribution in [2.45, 2.75) is 6.10 Å². The quantitative estimate of drug-likeness (QED) is 0.839. The summed E-state index contributed by atoms with van der Waals surface area (Å²) in [7, 11) is 0. The molecule has 0 amide bonds. The Bertz CT molecular complexity index is 600. The third-order valence-corrected chi connectivity index (χ3v) is 3.08. The number of morpholine rings is 1. The Balaban J connectivity index is 1.88. The molecule has 1 unspecified atom stereocenters. The molecule has 1 aliphatic rings. The first kappa shape index (κ1) is 12.5. The fraction of sp³-hybridized carbons (Fsp3) is 0.333. The number of carboxylic acid groups (broad SMARTS) is 1. The summed E-state index contributed by atoms with van der Waals surface area (Å²) in [6, 6.07) is 9.45. The molecule has 2 heterocycles. The number of carboxylic acids is 1. The molecule has 1 saturated heterocycles. The van der Waals surface area contributed by atoms with Crippen molar-refractivity contribution in [2.24, 2.45) is 0 Å². The normalized spacial score (nSPS) is 19.0. The Labute approximate surface area is 114 Å². The van der Waals surface area contributed by atoms with Crippen molar-refractivity contribution in [1.29, 1.82) is 0 Å². The largest absolute Gasteiger partial charge is 0.479 e. The second kappa shape index (κ2) is 5.25. The molecule has 1 aliphatic heterocycles. The van der Waals surface area contributed by atoms with E-state index in [-0.39, 0.29) is 6.54 Å². The molecule has 1 N–H and O–H groups in total. The average Bonchev–Trinajstić information content (AvgIpc) is 2.98. The number of aromatic nitrogens is 4. The number of ether oxygens (including phenoxy) is 1. The van der Waals surface area contributed by atoms with E-state index in [0.29, 0.717) is 19.1 Å². The zero-order valence-corrected chi connectivity index (χ0v) is 10.6. The van der Waals surface area contributed by atoms with E-state index in [2.05, 4.69) is 15.5 Å². The molecule has 1 fully saturated rings. The van der Waals surface area contributed by atoms with Crippen LogP contribution in [-0.2, 0) is 9.53 Å². The van der Waals surface area contributed by atoms with E-state index in [1.54, 1.807) is 4.68 Å². The molecule has 8 nitrogen and oxygen atoms in total. The SMILES string of the molecule is O=C(O)C1CN(c2nnnn2-c2ccccc2)CCO1. The van der Waals surface area contributed by atoms with E-state index in [4.69, 9.17) is 9.84 Å². The van der Waals surface area contributed by atoms with Crippen molar-refractivity contribution in [3.05, 3.63) is 30.3 Å². The molecule has 1 aromatic heterocycles. The van der Waals surface area contributed by atoms with Crippen molar-refractivity contribution in [2.75, 3.05) is 24.6 Å². The fourth-order valence-corrected chi connectivity index (χ4v) is 2.10. The average molecular weight is 275 g/mol. The first-order valence-corrected chi connectivity index (χ1v) is 6.19. The summed E-state index contributed by atoms with van der Waals surface area (Å²) in [6.07, 6.45) is -0.857. The molecule has 104 valence electrons. The number of hydrogen-bond acceptors (Lipinski definition) is 6. The van der Waals surface area contributed by atoms with Crippen molar-refractivity contribution in [3.63, 3.8) is 0 Å². The number of anilines is 1. The number of tetrazole rings is 1. The highest BCUT2D eigenvalue weighted by Gasteiger charge is 2.29. The van der Waals surface area contributed by atoms with Gasteiger partial charge in [0.05, 0.1) is 18.8 Å². The number of rotatable bonds is 3. The minimum absolute atomic E-state index is 0.225. The molecule has 20 heavy (non-hydrogen) atoms. The van der Waals surface area contributed by atoms with E-state index < -0.39 is 12.1 Å². The fourth-order valence-electron chi connectivity index (χ4n) is 2.10. The van der Waals surface area contributed by atoms with Crippen molar-refractivity contribution >= 4 is 11.9 Å². The van der Waals surface area contributed by atoms with E-state index in [9.17, 15) is 4.79 Å². The zero-order chi connectivity index (χ0) is 13.9. The van der Waals surface area contributed by atoms with E-state index in [1.165, 1.54) is 0 Å². The van der Waals surface area contributed by atoms with Gasteiger partial charge in [-0.2, -0.15) is 4.68 Å². The van der Waals surface area contributed by atoms with Crippen LogP contribution < -0.4 is 4.90 Å². The van der Waals surface area contributed by atoms with Gasteiger partial charge in [-0.25, -0.2) is 4.79 Å². The van der Waals surface area contributed by atoms with Crippen LogP contribution in [0.1, 0.15) is 0 Å². The number of hydrogen-bond donors (Lipinski definition) is 1. The minimum Gasteiger partial charge on any atom is -0.479 e. The van der Waals surface area contributed by atoms with E-state index in [0.717, 1.165) is 5.69 Å². The predicted molar refractivity (Wildman–Crippen MR) is 68.7 cm³/mol. The molecule has 0 radical (unpaired) electrons. The molecule has 0 bridgehead atoms. The third kappa shape index (κ3) is 2.32. The Kier molecular flexibility index (Phi) is 3.30. The monoisotopic (exact) mass is 275 g/mol. The Hall–Kier alpha value is -2.48. The summed E-state index contributed by atoms with van der Waals surface area (Å²) in [5.74, 6) is -0.459. The van der Waals surface area contributed by atoms with Gasteiger partial charge in [0, 0.05) is 6.54 Å². The number of benzene rings is 1. The van der Waals surface area contributed by atoms with Crippen LogP contribution in [0.15, 0.2) is 30.3 Å². The molecule has 0 saturated carbocycles. The number of nitrogens with zero attached hydrogens (tertiary/aromatic N) is 5. The second-order valence-electron chi connectivity index (χ2n) is 4.37. The Morgan fingerprint density at radius 2 is 2.15 bits per heavy atom. The lowest BCUT2D eigenvalue weighted by Crippen LogP contribution is -2.47. The lowest BCUT2D eigenvalue weighted by molar-refractivity contribution is -0.150. The molecule has 3 rings (SSSR count). The van der Waals surface area contributed by atoms with Crippen LogP contribution in [0.3, 0.4) is 0 Å². The first-order chi connectivity index (χ1) is 9.75. The van der Waals surface area contributed by atoms with Crippen molar-refractivity contribution in [3.8, 4) is 5.69 Å². The summed E-state index contributed by atoms with van der Waals surface area (Å²) < 4.78 is 6.78. The number of aliphatic carboxylic acids is 1. The molecule has 2 aromatic rings. The lowest BCUT2D eigenvalue weighted by Gasteiger charge is -2.30. The second-order valence-corrected chi connectivity index (χ2v) is 4.37. The van der Waals surface area contributed by atoms with Gasteiger partial charge in [-0.05, 0) is 22.6 Å². The predicted octanol–water partition coefficient (Wildman–Crippen LogP) is -0.0479. The maximum atomic E-state index is 11.0. The van der Waals surface area contributed by atoms with Crippen molar-refractivity contribution in [1.82, 2.24) is 20.2 Å². The van der Waals surface area contributed by atoms with Crippen LogP contribution in [0.25, 0.3) is 5.69 Å². The molecular weight excluding hydrogens is 262 g/mol. The van der Waals surface area contributed by atoms with Gasteiger partial charge in [0.2, 0.25) is 0 Å². The van der Waals surface area contributed by atoms with Gasteiger partial charge >= 0.3 is 5.97 Å². The van der Waals surface area contributed by atoms with Crippen LogP contribution in [-0.4, -0.2) is 57.1 Å². The highest BCUT2D eigenvalue weighted by molar-refractivity contribution is 5.73. The minimum atomic E-state index is -0.978. The van der Waals surface area contributed by atoms with Crippen LogP contribution in [0.5, 0.6) is 0 Å². The van der Waals surface area contributed by atoms with Gasteiger partial charge < -0.3 is 14.7 Å². The maximum absolute atomic E-state index is 11.0. The van der Waals surface area contributed by atoms with Gasteiger partial charge in [-0.1, -0.05) is 23.3 Å². The van der Waals surface area contributed by atoms with E-state index >= 15 is 0 Å². The van der Waals surface area contributed by atoms with Crippen LogP contribution in [0.4, 0.5) is 5.95 Å². The van der Waals surface area contributed by atoms with Crippen LogP contribution >= 0.6 is 0 Å². The van der Waals surface area contributed by atoms with Crippen molar-refractivity contribution < 1.29 is 14.6 Å². The highest BCUT2D eigenvalue weighted by atomic mass is 16.5. The van der Waals surface area contributed by atoms with Gasteiger partial charge in [0.15, 0.2) is 6.10 Å². The van der Waals surface area contributed by atoms with Crippen LogP contribution in [0, 0.1) is 0 Å². The standard InChI is InChI=1S/C12H13N5O3/c18-11(19)10-8-16(6-7-20-10)12-13-14-15-17(12)9-4-2-1-3-5-9/h1-5,10H,6-8H2,(H,18,19). The third-order valence-electron chi connectivity index (χ3n) is 3.08. The Morgan fingerprint density at radius 3 is 2.90 bits per heavy atom. The number of carbonyl (C=O) groups is 1. The summed E-state index contributed by atoms with van der Waals surface area (Å²) in [5.41, 5.74) is 0.825. The molecule has 8 heteroatoms. The van der Waals surface area contributed by atoms with Gasteiger partial charge in [0.25, 0.3) is 5.95 Å². The number of para-hydroxylation sites is 1. The first-order valence-electron chi connectivity index (χ1n) is 6.19. The smallest absolute Gasteiger partial charge is 0.334 e. The van der Waals surface area contributed by atoms with Crippen LogP contribution in [0.2, 0.25) is 0 Å². The lowest BCUT2D eigenvalue weighted by atomic mass is 10.3. The summed E-state index contributed by atoms with van der Waals surface area (Å²) in [5, 5.41) is 20.7. The molecule has 0 spiro atoms. The zero-order valence-electron chi connectivity index (χ0n) is 10.6. The van der Waals surface area contributed by atoms with E-state index in [1.807, 2.05) is 35.2 Å². The topological polar surface area (TPSA) is 93.4 Å². The molecular formula is C12H13N5O3. The molecule has 1 atom stereocenters. The molecule has 1 aromatic carbocycles. The van der Waals surface area contributed by atoms with Gasteiger partial charge in [0.1, 0.15) is 0 Å². The van der Waals surface area contributed by atoms with Gasteiger partial charge in [-0.15, -0.1) is 0 Å².